The van der Waals surface area contributed by atoms with Crippen LogP contribution in [-0.2, 0) is 13.1 Å². The molecule has 4 aromatic rings. The largest absolute Gasteiger partial charge is 0.465 e. The SMILES string of the molecule is O=C(O)N1CCC(Cn2c(=O)n(Cc3ccc(-c4nnc(C(F)F)o4)cn3)c(=O)c3ccccc32)CC1. The van der Waals surface area contributed by atoms with E-state index in [1.807, 2.05) is 0 Å². The number of likely N-dealkylation sites (tertiary alicyclic amines) is 1. The maximum absolute atomic E-state index is 13.5. The number of carbonyl (C=O) groups is 1. The van der Waals surface area contributed by atoms with Gasteiger partial charge in [-0.25, -0.2) is 9.59 Å². The van der Waals surface area contributed by atoms with Crippen LogP contribution in [0.1, 0.15) is 30.9 Å². The molecule has 0 radical (unpaired) electrons. The number of pyridine rings is 1. The second-order valence-electron chi connectivity index (χ2n) is 8.80. The van der Waals surface area contributed by atoms with E-state index in [1.54, 1.807) is 34.9 Å². The van der Waals surface area contributed by atoms with Crippen LogP contribution < -0.4 is 11.2 Å². The van der Waals surface area contributed by atoms with Gasteiger partial charge in [-0.05, 0) is 43.0 Å². The van der Waals surface area contributed by atoms with Crippen molar-refractivity contribution >= 4 is 17.0 Å². The van der Waals surface area contributed by atoms with Crippen molar-refractivity contribution in [3.05, 3.63) is 75.0 Å². The lowest BCUT2D eigenvalue weighted by atomic mass is 9.97. The molecule has 192 valence electrons. The van der Waals surface area contributed by atoms with Gasteiger partial charge in [0.1, 0.15) is 0 Å². The van der Waals surface area contributed by atoms with Gasteiger partial charge in [0.15, 0.2) is 0 Å². The lowest BCUT2D eigenvalue weighted by Gasteiger charge is -2.30. The van der Waals surface area contributed by atoms with Crippen LogP contribution in [0, 0.1) is 5.92 Å². The Bertz CT molecular complexity index is 1550. The highest BCUT2D eigenvalue weighted by atomic mass is 19.3. The number of halogens is 2. The van der Waals surface area contributed by atoms with E-state index in [9.17, 15) is 28.3 Å². The highest BCUT2D eigenvalue weighted by Crippen LogP contribution is 2.23. The number of hydrogen-bond acceptors (Lipinski definition) is 7. The van der Waals surface area contributed by atoms with Gasteiger partial charge in [-0.1, -0.05) is 12.1 Å². The first kappa shape index (κ1) is 24.3. The Hall–Kier alpha value is -4.42. The van der Waals surface area contributed by atoms with Crippen LogP contribution in [0.25, 0.3) is 22.4 Å². The molecule has 1 aliphatic heterocycles. The molecule has 11 nitrogen and oxygen atoms in total. The molecule has 0 spiro atoms. The molecule has 3 aromatic heterocycles. The summed E-state index contributed by atoms with van der Waals surface area (Å²) in [5.74, 6) is -0.836. The summed E-state index contributed by atoms with van der Waals surface area (Å²) in [6.45, 7) is 1.03. The highest BCUT2D eigenvalue weighted by molar-refractivity contribution is 5.77. The molecule has 37 heavy (non-hydrogen) atoms. The van der Waals surface area contributed by atoms with Gasteiger partial charge >= 0.3 is 18.2 Å². The predicted molar refractivity (Wildman–Crippen MR) is 126 cm³/mol. The van der Waals surface area contributed by atoms with E-state index in [0.29, 0.717) is 54.6 Å². The molecular weight excluding hydrogens is 490 g/mol. The Balaban J connectivity index is 1.44. The molecule has 1 saturated heterocycles. The number of amides is 1. The number of fused-ring (bicyclic) bond motifs is 1. The fourth-order valence-corrected chi connectivity index (χ4v) is 4.50. The topological polar surface area (TPSA) is 136 Å². The molecule has 5 rings (SSSR count). The van der Waals surface area contributed by atoms with Gasteiger partial charge in [-0.3, -0.25) is 18.9 Å². The second-order valence-corrected chi connectivity index (χ2v) is 8.80. The molecule has 1 N–H and O–H groups in total. The van der Waals surface area contributed by atoms with E-state index in [0.717, 1.165) is 4.57 Å². The van der Waals surface area contributed by atoms with Crippen molar-refractivity contribution in [2.24, 2.45) is 5.92 Å². The molecule has 1 amide bonds. The molecule has 0 unspecified atom stereocenters. The van der Waals surface area contributed by atoms with Crippen molar-refractivity contribution < 1.29 is 23.1 Å². The van der Waals surface area contributed by atoms with Crippen molar-refractivity contribution in [3.8, 4) is 11.5 Å². The summed E-state index contributed by atoms with van der Waals surface area (Å²) >= 11 is 0. The maximum Gasteiger partial charge on any atom is 0.407 e. The zero-order valence-corrected chi connectivity index (χ0v) is 19.5. The van der Waals surface area contributed by atoms with E-state index in [4.69, 9.17) is 4.42 Å². The minimum absolute atomic E-state index is 0.0765. The number of aromatic nitrogens is 5. The number of benzene rings is 1. The fraction of sp³-hybridized carbons (Fsp3) is 0.333. The summed E-state index contributed by atoms with van der Waals surface area (Å²) in [7, 11) is 0. The van der Waals surface area contributed by atoms with Crippen LogP contribution in [0.3, 0.4) is 0 Å². The molecule has 0 saturated carbocycles. The van der Waals surface area contributed by atoms with E-state index >= 15 is 0 Å². The average Bonchev–Trinajstić information content (AvgIpc) is 3.41. The van der Waals surface area contributed by atoms with Crippen LogP contribution in [0.15, 0.2) is 56.6 Å². The number of hydrogen-bond donors (Lipinski definition) is 1. The van der Waals surface area contributed by atoms with Crippen molar-refractivity contribution in [2.45, 2.75) is 32.4 Å². The van der Waals surface area contributed by atoms with Gasteiger partial charge in [-0.2, -0.15) is 8.78 Å². The third-order valence-corrected chi connectivity index (χ3v) is 6.48. The Morgan fingerprint density at radius 1 is 1.08 bits per heavy atom. The zero-order chi connectivity index (χ0) is 26.1. The van der Waals surface area contributed by atoms with Crippen LogP contribution in [0.4, 0.5) is 13.6 Å². The smallest absolute Gasteiger partial charge is 0.407 e. The Kier molecular flexibility index (Phi) is 6.51. The van der Waals surface area contributed by atoms with Gasteiger partial charge in [0, 0.05) is 25.8 Å². The van der Waals surface area contributed by atoms with Gasteiger partial charge in [0.05, 0.1) is 28.7 Å². The molecule has 4 heterocycles. The Morgan fingerprint density at radius 3 is 2.49 bits per heavy atom. The first-order chi connectivity index (χ1) is 17.8. The number of para-hydroxylation sites is 1. The molecule has 0 atom stereocenters. The number of carboxylic acid groups (broad SMARTS) is 1. The molecule has 0 aliphatic carbocycles. The van der Waals surface area contributed by atoms with Crippen molar-refractivity contribution in [2.75, 3.05) is 13.1 Å². The highest BCUT2D eigenvalue weighted by Gasteiger charge is 2.24. The second kappa shape index (κ2) is 9.91. The fourth-order valence-electron chi connectivity index (χ4n) is 4.50. The van der Waals surface area contributed by atoms with Gasteiger partial charge < -0.3 is 14.4 Å². The van der Waals surface area contributed by atoms with E-state index in [-0.39, 0.29) is 18.4 Å². The van der Waals surface area contributed by atoms with Crippen molar-refractivity contribution in [3.63, 3.8) is 0 Å². The van der Waals surface area contributed by atoms with Crippen molar-refractivity contribution in [1.29, 1.82) is 0 Å². The summed E-state index contributed by atoms with van der Waals surface area (Å²) in [4.78, 5) is 43.5. The van der Waals surface area contributed by atoms with E-state index < -0.39 is 29.7 Å². The summed E-state index contributed by atoms with van der Waals surface area (Å²) < 4.78 is 33.0. The third kappa shape index (κ3) is 4.84. The predicted octanol–water partition coefficient (Wildman–Crippen LogP) is 2.98. The first-order valence-electron chi connectivity index (χ1n) is 11.6. The van der Waals surface area contributed by atoms with E-state index in [2.05, 4.69) is 15.2 Å². The molecule has 1 aromatic carbocycles. The zero-order valence-electron chi connectivity index (χ0n) is 19.5. The molecule has 0 bridgehead atoms. The Labute approximate surface area is 207 Å². The molecule has 13 heteroatoms. The minimum atomic E-state index is -2.89. The average molecular weight is 512 g/mol. The van der Waals surface area contributed by atoms with Crippen LogP contribution in [-0.4, -0.2) is 53.5 Å². The molecule has 1 aliphatic rings. The van der Waals surface area contributed by atoms with Crippen LogP contribution in [0.5, 0.6) is 0 Å². The quantitative estimate of drug-likeness (QED) is 0.416. The van der Waals surface area contributed by atoms with Crippen molar-refractivity contribution in [1.82, 2.24) is 29.2 Å². The number of rotatable bonds is 6. The lowest BCUT2D eigenvalue weighted by molar-refractivity contribution is 0.116. The summed E-state index contributed by atoms with van der Waals surface area (Å²) in [6.07, 6.45) is -1.28. The monoisotopic (exact) mass is 512 g/mol. The van der Waals surface area contributed by atoms with Crippen LogP contribution in [0.2, 0.25) is 0 Å². The van der Waals surface area contributed by atoms with E-state index in [1.165, 1.54) is 17.2 Å². The van der Waals surface area contributed by atoms with Crippen LogP contribution >= 0.6 is 0 Å². The minimum Gasteiger partial charge on any atom is -0.465 e. The summed E-state index contributed by atoms with van der Waals surface area (Å²) in [5.41, 5.74) is 0.284. The third-order valence-electron chi connectivity index (χ3n) is 6.48. The standard InChI is InChI=1S/C24H22F2N6O5/c25-19(26)21-29-28-20(37-21)15-5-6-16(27-11-15)13-32-22(33)17-3-1-2-4-18(17)31(23(32)34)12-14-7-9-30(10-8-14)24(35)36/h1-6,11,14,19H,7-10,12-13H2,(H,35,36). The lowest BCUT2D eigenvalue weighted by Crippen LogP contribution is -2.43. The Morgan fingerprint density at radius 2 is 1.84 bits per heavy atom. The van der Waals surface area contributed by atoms with Gasteiger partial charge in [0.25, 0.3) is 11.4 Å². The number of piperidine rings is 1. The normalized spacial score (nSPS) is 14.5. The number of nitrogens with zero attached hydrogens (tertiary/aromatic N) is 6. The summed E-state index contributed by atoms with van der Waals surface area (Å²) in [6, 6.07) is 9.94. The van der Waals surface area contributed by atoms with Gasteiger partial charge in [0.2, 0.25) is 5.89 Å². The molecule has 1 fully saturated rings. The van der Waals surface area contributed by atoms with Gasteiger partial charge in [-0.15, -0.1) is 10.2 Å². The molecular formula is C24H22F2N6O5. The number of alkyl halides is 2. The summed E-state index contributed by atoms with van der Waals surface area (Å²) in [5, 5.41) is 16.5. The first-order valence-corrected chi connectivity index (χ1v) is 11.6. The maximum atomic E-state index is 13.5.